The van der Waals surface area contributed by atoms with Gasteiger partial charge < -0.3 is 14.1 Å². The fourth-order valence-electron chi connectivity index (χ4n) is 2.71. The maximum Gasteiger partial charge on any atom is 0.257 e. The van der Waals surface area contributed by atoms with E-state index in [2.05, 4.69) is 6.92 Å². The number of nitrogens with zero attached hydrogens (tertiary/aromatic N) is 1. The summed E-state index contributed by atoms with van der Waals surface area (Å²) in [6, 6.07) is 9.84. The number of amides is 1. The Morgan fingerprint density at radius 2 is 2.05 bits per heavy atom. The molecule has 116 valence electrons. The molecule has 1 amide bonds. The fraction of sp³-hybridized carbons (Fsp3) is 0.389. The van der Waals surface area contributed by atoms with E-state index < -0.39 is 0 Å². The molecule has 1 aliphatic rings. The molecule has 22 heavy (non-hydrogen) atoms. The van der Waals surface area contributed by atoms with E-state index in [1.807, 2.05) is 29.2 Å². The molecule has 1 atom stereocenters. The summed E-state index contributed by atoms with van der Waals surface area (Å²) < 4.78 is 10.2. The summed E-state index contributed by atoms with van der Waals surface area (Å²) in [7, 11) is 1.65. The third-order valence-electron chi connectivity index (χ3n) is 4.34. The van der Waals surface area contributed by atoms with Crippen molar-refractivity contribution in [2.24, 2.45) is 5.92 Å². The average Bonchev–Trinajstić information content (AvgIpc) is 3.26. The van der Waals surface area contributed by atoms with E-state index in [9.17, 15) is 4.79 Å². The van der Waals surface area contributed by atoms with Crippen LogP contribution in [0.4, 0.5) is 0 Å². The monoisotopic (exact) mass is 299 g/mol. The van der Waals surface area contributed by atoms with Crippen LogP contribution in [-0.4, -0.2) is 24.0 Å². The standard InChI is InChI=1S/C18H21NO3/c1-13(15-5-6-15)19(18(20)16-9-10-22-12-16)11-14-3-7-17(21-2)8-4-14/h3-4,7-10,12-13,15H,5-6,11H2,1-2H3. The zero-order valence-electron chi connectivity index (χ0n) is 13.0. The average molecular weight is 299 g/mol. The summed E-state index contributed by atoms with van der Waals surface area (Å²) in [6.45, 7) is 2.74. The molecule has 4 nitrogen and oxygen atoms in total. The van der Waals surface area contributed by atoms with Crippen molar-refractivity contribution in [3.8, 4) is 5.75 Å². The smallest absolute Gasteiger partial charge is 0.257 e. The Labute approximate surface area is 130 Å². The van der Waals surface area contributed by atoms with Gasteiger partial charge in [-0.15, -0.1) is 0 Å². The third kappa shape index (κ3) is 3.16. The van der Waals surface area contributed by atoms with Crippen LogP contribution in [0.15, 0.2) is 47.3 Å². The van der Waals surface area contributed by atoms with Crippen LogP contribution in [0.1, 0.15) is 35.7 Å². The summed E-state index contributed by atoms with van der Waals surface area (Å²) in [6.07, 6.45) is 5.47. The van der Waals surface area contributed by atoms with Gasteiger partial charge in [0.2, 0.25) is 0 Å². The zero-order chi connectivity index (χ0) is 15.5. The minimum absolute atomic E-state index is 0.0315. The van der Waals surface area contributed by atoms with Crippen molar-refractivity contribution in [3.05, 3.63) is 54.0 Å². The van der Waals surface area contributed by atoms with E-state index in [0.717, 1.165) is 11.3 Å². The van der Waals surface area contributed by atoms with Crippen molar-refractivity contribution in [1.82, 2.24) is 4.90 Å². The molecule has 3 rings (SSSR count). The summed E-state index contributed by atoms with van der Waals surface area (Å²) in [5.41, 5.74) is 1.71. The molecule has 2 aromatic rings. The quantitative estimate of drug-likeness (QED) is 0.816. The topological polar surface area (TPSA) is 42.7 Å². The van der Waals surface area contributed by atoms with Crippen LogP contribution < -0.4 is 4.74 Å². The normalized spacial score (nSPS) is 15.4. The molecule has 0 radical (unpaired) electrons. The van der Waals surface area contributed by atoms with Crippen LogP contribution in [0.5, 0.6) is 5.75 Å². The van der Waals surface area contributed by atoms with Crippen LogP contribution in [0.2, 0.25) is 0 Å². The van der Waals surface area contributed by atoms with Gasteiger partial charge in [-0.2, -0.15) is 0 Å². The zero-order valence-corrected chi connectivity index (χ0v) is 13.0. The summed E-state index contributed by atoms with van der Waals surface area (Å²) in [4.78, 5) is 14.7. The Morgan fingerprint density at radius 3 is 2.59 bits per heavy atom. The highest BCUT2D eigenvalue weighted by Crippen LogP contribution is 2.36. The van der Waals surface area contributed by atoms with E-state index in [1.165, 1.54) is 19.1 Å². The second kappa shape index (κ2) is 6.26. The predicted molar refractivity (Wildman–Crippen MR) is 83.8 cm³/mol. The number of ether oxygens (including phenoxy) is 1. The number of carbonyl (C=O) groups excluding carboxylic acids is 1. The molecule has 1 fully saturated rings. The van der Waals surface area contributed by atoms with Crippen molar-refractivity contribution in [3.63, 3.8) is 0 Å². The summed E-state index contributed by atoms with van der Waals surface area (Å²) >= 11 is 0. The molecule has 1 saturated carbocycles. The molecule has 0 bridgehead atoms. The van der Waals surface area contributed by atoms with Gasteiger partial charge in [0.25, 0.3) is 5.91 Å². The van der Waals surface area contributed by atoms with Crippen LogP contribution >= 0.6 is 0 Å². The van der Waals surface area contributed by atoms with Gasteiger partial charge in [0.15, 0.2) is 0 Å². The van der Waals surface area contributed by atoms with E-state index in [4.69, 9.17) is 9.15 Å². The number of hydrogen-bond donors (Lipinski definition) is 0. The molecule has 1 aromatic heterocycles. The Kier molecular flexibility index (Phi) is 4.18. The highest BCUT2D eigenvalue weighted by molar-refractivity contribution is 5.94. The number of benzene rings is 1. The van der Waals surface area contributed by atoms with Gasteiger partial charge in [-0.25, -0.2) is 0 Å². The minimum Gasteiger partial charge on any atom is -0.497 e. The first-order chi connectivity index (χ1) is 10.7. The Morgan fingerprint density at radius 1 is 1.32 bits per heavy atom. The molecule has 0 spiro atoms. The van der Waals surface area contributed by atoms with E-state index in [1.54, 1.807) is 19.4 Å². The largest absolute Gasteiger partial charge is 0.497 e. The maximum atomic E-state index is 12.7. The molecule has 0 saturated heterocycles. The molecular formula is C18H21NO3. The van der Waals surface area contributed by atoms with Gasteiger partial charge in [-0.05, 0) is 49.4 Å². The molecule has 1 unspecified atom stereocenters. The Bertz CT molecular complexity index is 614. The molecular weight excluding hydrogens is 278 g/mol. The van der Waals surface area contributed by atoms with Crippen LogP contribution in [0.3, 0.4) is 0 Å². The molecule has 4 heteroatoms. The SMILES string of the molecule is COc1ccc(CN(C(=O)c2ccoc2)C(C)C2CC2)cc1. The van der Waals surface area contributed by atoms with Crippen LogP contribution in [0, 0.1) is 5.92 Å². The van der Waals surface area contributed by atoms with E-state index in [0.29, 0.717) is 18.0 Å². The maximum absolute atomic E-state index is 12.7. The molecule has 1 aliphatic carbocycles. The van der Waals surface area contributed by atoms with Crippen molar-refractivity contribution in [1.29, 1.82) is 0 Å². The highest BCUT2D eigenvalue weighted by atomic mass is 16.5. The molecule has 1 heterocycles. The van der Waals surface area contributed by atoms with Gasteiger partial charge in [-0.3, -0.25) is 4.79 Å². The van der Waals surface area contributed by atoms with E-state index in [-0.39, 0.29) is 11.9 Å². The lowest BCUT2D eigenvalue weighted by Crippen LogP contribution is -2.39. The minimum atomic E-state index is 0.0315. The third-order valence-corrected chi connectivity index (χ3v) is 4.34. The lowest BCUT2D eigenvalue weighted by molar-refractivity contribution is 0.0653. The van der Waals surface area contributed by atoms with E-state index >= 15 is 0 Å². The van der Waals surface area contributed by atoms with Crippen molar-refractivity contribution in [2.75, 3.05) is 7.11 Å². The first-order valence-electron chi connectivity index (χ1n) is 7.65. The van der Waals surface area contributed by atoms with Gasteiger partial charge in [0.1, 0.15) is 12.0 Å². The molecule has 1 aromatic carbocycles. The Hall–Kier alpha value is -2.23. The van der Waals surface area contributed by atoms with Gasteiger partial charge in [-0.1, -0.05) is 12.1 Å². The number of furan rings is 1. The number of hydrogen-bond acceptors (Lipinski definition) is 3. The first-order valence-corrected chi connectivity index (χ1v) is 7.65. The fourth-order valence-corrected chi connectivity index (χ4v) is 2.71. The second-order valence-electron chi connectivity index (χ2n) is 5.87. The van der Waals surface area contributed by atoms with Crippen molar-refractivity contribution >= 4 is 5.91 Å². The van der Waals surface area contributed by atoms with Gasteiger partial charge in [0, 0.05) is 12.6 Å². The number of methoxy groups -OCH3 is 1. The van der Waals surface area contributed by atoms with Crippen LogP contribution in [0.25, 0.3) is 0 Å². The lowest BCUT2D eigenvalue weighted by atomic mass is 10.1. The Balaban J connectivity index is 1.79. The second-order valence-corrected chi connectivity index (χ2v) is 5.87. The number of carbonyl (C=O) groups is 1. The summed E-state index contributed by atoms with van der Waals surface area (Å²) in [5.74, 6) is 1.48. The molecule has 0 aliphatic heterocycles. The highest BCUT2D eigenvalue weighted by Gasteiger charge is 2.34. The van der Waals surface area contributed by atoms with Crippen LogP contribution in [-0.2, 0) is 6.54 Å². The van der Waals surface area contributed by atoms with Crippen molar-refractivity contribution < 1.29 is 13.9 Å². The lowest BCUT2D eigenvalue weighted by Gasteiger charge is -2.29. The predicted octanol–water partition coefficient (Wildman–Crippen LogP) is 3.73. The van der Waals surface area contributed by atoms with Gasteiger partial charge in [0.05, 0.1) is 18.9 Å². The molecule has 0 N–H and O–H groups in total. The van der Waals surface area contributed by atoms with Crippen molar-refractivity contribution in [2.45, 2.75) is 32.4 Å². The summed E-state index contributed by atoms with van der Waals surface area (Å²) in [5, 5.41) is 0. The van der Waals surface area contributed by atoms with Gasteiger partial charge >= 0.3 is 0 Å². The number of rotatable bonds is 6. The first kappa shape index (κ1) is 14.7.